The summed E-state index contributed by atoms with van der Waals surface area (Å²) < 4.78 is 23.6. The molecule has 2 rings (SSSR count). The Hall–Kier alpha value is -1.59. The summed E-state index contributed by atoms with van der Waals surface area (Å²) in [4.78, 5) is 24.1. The number of amides is 1. The van der Waals surface area contributed by atoms with Gasteiger partial charge in [-0.1, -0.05) is 6.08 Å². The minimum Gasteiger partial charge on any atom is -0.452 e. The van der Waals surface area contributed by atoms with E-state index in [0.29, 0.717) is 0 Å². The number of fused-ring (bicyclic) bond motifs is 2. The number of esters is 1. The van der Waals surface area contributed by atoms with E-state index in [1.165, 1.54) is 19.4 Å². The molecule has 2 aliphatic heterocycles. The van der Waals surface area contributed by atoms with Crippen molar-refractivity contribution in [3.8, 4) is 0 Å². The molecule has 2 aliphatic rings. The summed E-state index contributed by atoms with van der Waals surface area (Å²) in [6.45, 7) is 3.25. The Kier molecular flexibility index (Phi) is 2.60. The van der Waals surface area contributed by atoms with E-state index in [0.717, 1.165) is 4.90 Å². The molecule has 17 heavy (non-hydrogen) atoms. The zero-order valence-electron chi connectivity index (χ0n) is 9.84. The zero-order valence-corrected chi connectivity index (χ0v) is 9.84. The minimum absolute atomic E-state index is 0.514. The molecule has 0 aromatic carbocycles. The number of alkyl halides is 1. The van der Waals surface area contributed by atoms with Crippen LogP contribution in [0.15, 0.2) is 12.3 Å². The minimum atomic E-state index is -1.44. The first-order chi connectivity index (χ1) is 7.89. The maximum absolute atomic E-state index is 14.1. The predicted molar refractivity (Wildman–Crippen MR) is 55.4 cm³/mol. The fourth-order valence-electron chi connectivity index (χ4n) is 2.14. The first kappa shape index (κ1) is 11.9. The first-order valence-corrected chi connectivity index (χ1v) is 5.29. The Morgan fingerprint density at radius 3 is 2.82 bits per heavy atom. The zero-order chi connectivity index (χ0) is 12.8. The van der Waals surface area contributed by atoms with E-state index in [9.17, 15) is 14.0 Å². The van der Waals surface area contributed by atoms with Crippen LogP contribution in [0.2, 0.25) is 0 Å². The average molecular weight is 243 g/mol. The maximum Gasteiger partial charge on any atom is 0.416 e. The van der Waals surface area contributed by atoms with Crippen LogP contribution < -0.4 is 0 Å². The van der Waals surface area contributed by atoms with E-state index in [1.807, 2.05) is 0 Å². The van der Waals surface area contributed by atoms with E-state index in [1.54, 1.807) is 13.8 Å². The molecular weight excluding hydrogens is 229 g/mol. The van der Waals surface area contributed by atoms with Crippen molar-refractivity contribution in [2.75, 3.05) is 7.11 Å². The van der Waals surface area contributed by atoms with Crippen molar-refractivity contribution in [1.82, 2.24) is 4.90 Å². The maximum atomic E-state index is 14.1. The van der Waals surface area contributed by atoms with Gasteiger partial charge in [-0.2, -0.15) is 0 Å². The lowest BCUT2D eigenvalue weighted by Crippen LogP contribution is -2.59. The molecule has 94 valence electrons. The van der Waals surface area contributed by atoms with Gasteiger partial charge in [0, 0.05) is 12.1 Å². The number of carbonyl (C=O) groups is 2. The molecule has 2 unspecified atom stereocenters. The van der Waals surface area contributed by atoms with Crippen LogP contribution in [0.1, 0.15) is 13.8 Å². The summed E-state index contributed by atoms with van der Waals surface area (Å²) in [6.07, 6.45) is -0.492. The normalized spacial score (nSPS) is 34.2. The third-order valence-corrected chi connectivity index (χ3v) is 3.32. The highest BCUT2D eigenvalue weighted by Crippen LogP contribution is 2.43. The number of methoxy groups -OCH3 is 1. The van der Waals surface area contributed by atoms with Gasteiger partial charge in [-0.05, 0) is 13.8 Å². The Labute approximate surface area is 98.2 Å². The molecule has 0 spiro atoms. The number of ether oxygens (including phenoxy) is 2. The van der Waals surface area contributed by atoms with Gasteiger partial charge in [0.15, 0.2) is 6.17 Å². The molecule has 3 atom stereocenters. The predicted octanol–water partition coefficient (Wildman–Crippen LogP) is 1.45. The number of carbonyl (C=O) groups excluding carboxylic acids is 2. The monoisotopic (exact) mass is 243 g/mol. The number of halogens is 1. The molecule has 0 aromatic rings. The topological polar surface area (TPSA) is 55.8 Å². The number of hydrogen-bond donors (Lipinski definition) is 0. The fraction of sp³-hybridized carbons (Fsp3) is 0.636. The van der Waals surface area contributed by atoms with Gasteiger partial charge in [0.25, 0.3) is 0 Å². The highest BCUT2D eigenvalue weighted by Gasteiger charge is 2.55. The summed E-state index contributed by atoms with van der Waals surface area (Å²) in [5.41, 5.74) is -0.922. The van der Waals surface area contributed by atoms with Crippen molar-refractivity contribution in [1.29, 1.82) is 0 Å². The fourth-order valence-corrected chi connectivity index (χ4v) is 2.14. The molecule has 1 saturated heterocycles. The second kappa shape index (κ2) is 3.72. The molecular formula is C11H14FNO4. The molecule has 0 aliphatic carbocycles. The lowest BCUT2D eigenvalue weighted by Gasteiger charge is -2.46. The van der Waals surface area contributed by atoms with Crippen LogP contribution in [-0.2, 0) is 14.3 Å². The van der Waals surface area contributed by atoms with Gasteiger partial charge in [0.05, 0.1) is 12.5 Å². The standard InChI is InChI=1S/C11H14FNO4/c1-11(2)6-4-5-13(10(15)16-3)8(7(6)12)17-9(11)14/h4-8H,1-3H3/t6?,7-,8?/m0/s1. The van der Waals surface area contributed by atoms with Crippen molar-refractivity contribution >= 4 is 12.1 Å². The molecule has 0 radical (unpaired) electrons. The lowest BCUT2D eigenvalue weighted by molar-refractivity contribution is -0.197. The quantitative estimate of drug-likeness (QED) is 0.604. The van der Waals surface area contributed by atoms with E-state index >= 15 is 0 Å². The van der Waals surface area contributed by atoms with Crippen LogP contribution in [-0.4, -0.2) is 36.5 Å². The Morgan fingerprint density at radius 1 is 1.59 bits per heavy atom. The van der Waals surface area contributed by atoms with Gasteiger partial charge in [0.2, 0.25) is 6.23 Å². The summed E-state index contributed by atoms with van der Waals surface area (Å²) in [6, 6.07) is 0. The van der Waals surface area contributed by atoms with Gasteiger partial charge >= 0.3 is 12.1 Å². The summed E-state index contributed by atoms with van der Waals surface area (Å²) in [5, 5.41) is 0. The molecule has 0 aromatic heterocycles. The molecule has 1 fully saturated rings. The molecule has 2 heterocycles. The summed E-state index contributed by atoms with van der Waals surface area (Å²) >= 11 is 0. The molecule has 5 nitrogen and oxygen atoms in total. The average Bonchev–Trinajstić information content (AvgIpc) is 2.28. The largest absolute Gasteiger partial charge is 0.452 e. The second-order valence-corrected chi connectivity index (χ2v) is 4.71. The van der Waals surface area contributed by atoms with Crippen LogP contribution in [0, 0.1) is 11.3 Å². The summed E-state index contributed by atoms with van der Waals surface area (Å²) in [5.74, 6) is -1.10. The van der Waals surface area contributed by atoms with Crippen LogP contribution in [0.5, 0.6) is 0 Å². The van der Waals surface area contributed by atoms with E-state index in [2.05, 4.69) is 4.74 Å². The Balaban J connectivity index is 2.36. The molecule has 0 N–H and O–H groups in total. The van der Waals surface area contributed by atoms with Gasteiger partial charge in [-0.15, -0.1) is 0 Å². The van der Waals surface area contributed by atoms with Crippen molar-refractivity contribution in [2.24, 2.45) is 11.3 Å². The lowest BCUT2D eigenvalue weighted by atomic mass is 9.73. The highest BCUT2D eigenvalue weighted by atomic mass is 19.1. The van der Waals surface area contributed by atoms with Gasteiger partial charge < -0.3 is 9.47 Å². The highest BCUT2D eigenvalue weighted by molar-refractivity contribution is 5.79. The van der Waals surface area contributed by atoms with E-state index in [-0.39, 0.29) is 0 Å². The molecule has 2 bridgehead atoms. The van der Waals surface area contributed by atoms with Crippen molar-refractivity contribution in [3.63, 3.8) is 0 Å². The SMILES string of the molecule is COC(=O)N1C=CC2[C@H](F)C1OC(=O)C2(C)C. The van der Waals surface area contributed by atoms with E-state index < -0.39 is 35.8 Å². The molecule has 1 amide bonds. The van der Waals surface area contributed by atoms with E-state index in [4.69, 9.17) is 4.74 Å². The molecule has 0 saturated carbocycles. The number of hydrogen-bond acceptors (Lipinski definition) is 4. The van der Waals surface area contributed by atoms with Crippen LogP contribution >= 0.6 is 0 Å². The third-order valence-electron chi connectivity index (χ3n) is 3.32. The number of nitrogens with zero attached hydrogens (tertiary/aromatic N) is 1. The van der Waals surface area contributed by atoms with Crippen molar-refractivity contribution in [2.45, 2.75) is 26.2 Å². The number of rotatable bonds is 0. The van der Waals surface area contributed by atoms with Gasteiger partial charge in [-0.25, -0.2) is 14.1 Å². The summed E-state index contributed by atoms with van der Waals surface area (Å²) in [7, 11) is 1.18. The van der Waals surface area contributed by atoms with Crippen LogP contribution in [0.4, 0.5) is 9.18 Å². The van der Waals surface area contributed by atoms with Crippen molar-refractivity contribution < 1.29 is 23.5 Å². The second-order valence-electron chi connectivity index (χ2n) is 4.71. The van der Waals surface area contributed by atoms with Gasteiger partial charge in [-0.3, -0.25) is 4.79 Å². The molecule has 6 heteroatoms. The third kappa shape index (κ3) is 1.59. The number of allylic oxidation sites excluding steroid dienone is 1. The van der Waals surface area contributed by atoms with Crippen LogP contribution in [0.25, 0.3) is 0 Å². The smallest absolute Gasteiger partial charge is 0.416 e. The first-order valence-electron chi connectivity index (χ1n) is 5.29. The van der Waals surface area contributed by atoms with Crippen molar-refractivity contribution in [3.05, 3.63) is 12.3 Å². The Bertz CT molecular complexity index is 393. The Morgan fingerprint density at radius 2 is 2.24 bits per heavy atom. The van der Waals surface area contributed by atoms with Crippen LogP contribution in [0.3, 0.4) is 0 Å². The van der Waals surface area contributed by atoms with Gasteiger partial charge in [0.1, 0.15) is 0 Å².